The van der Waals surface area contributed by atoms with Crippen molar-refractivity contribution in [1.29, 1.82) is 0 Å². The predicted molar refractivity (Wildman–Crippen MR) is 88.7 cm³/mol. The molecule has 0 bridgehead atoms. The summed E-state index contributed by atoms with van der Waals surface area (Å²) in [5, 5.41) is 2.50. The maximum Gasteiger partial charge on any atom is 0.223 e. The minimum Gasteiger partial charge on any atom is -0.341 e. The van der Waals surface area contributed by atoms with Crippen LogP contribution in [0.15, 0.2) is 36.7 Å². The summed E-state index contributed by atoms with van der Waals surface area (Å²) in [5.41, 5.74) is 1.16. The van der Waals surface area contributed by atoms with Gasteiger partial charge in [-0.3, -0.25) is 14.6 Å². The van der Waals surface area contributed by atoms with Gasteiger partial charge < -0.3 is 4.90 Å². The lowest BCUT2D eigenvalue weighted by molar-refractivity contribution is -0.127. The summed E-state index contributed by atoms with van der Waals surface area (Å²) in [6, 6.07) is 8.16. The molecule has 1 atom stereocenters. The Morgan fingerprint density at radius 1 is 1.36 bits per heavy atom. The summed E-state index contributed by atoms with van der Waals surface area (Å²) in [5.74, 6) is 0.145. The smallest absolute Gasteiger partial charge is 0.223 e. The van der Waals surface area contributed by atoms with Gasteiger partial charge in [0, 0.05) is 49.5 Å². The number of fused-ring (bicyclic) bond motifs is 1. The first-order valence-electron chi connectivity index (χ1n) is 7.40. The van der Waals surface area contributed by atoms with Crippen LogP contribution in [0.4, 0.5) is 0 Å². The molecule has 22 heavy (non-hydrogen) atoms. The van der Waals surface area contributed by atoms with Crippen LogP contribution in [0.2, 0.25) is 0 Å². The van der Waals surface area contributed by atoms with E-state index in [2.05, 4.69) is 11.1 Å². The van der Waals surface area contributed by atoms with Crippen LogP contribution < -0.4 is 0 Å². The Kier molecular flexibility index (Phi) is 4.43. The van der Waals surface area contributed by atoms with Crippen molar-refractivity contribution in [3.63, 3.8) is 0 Å². The number of amides is 1. The second-order valence-corrected chi connectivity index (χ2v) is 7.02. The van der Waals surface area contributed by atoms with Gasteiger partial charge in [-0.2, -0.15) is 0 Å². The fourth-order valence-corrected chi connectivity index (χ4v) is 3.85. The highest BCUT2D eigenvalue weighted by Crippen LogP contribution is 2.25. The number of benzene rings is 1. The van der Waals surface area contributed by atoms with E-state index >= 15 is 0 Å². The van der Waals surface area contributed by atoms with Crippen LogP contribution in [-0.4, -0.2) is 39.2 Å². The maximum absolute atomic E-state index is 12.0. The number of carbonyl (C=O) groups is 2. The molecule has 1 aromatic heterocycles. The van der Waals surface area contributed by atoms with E-state index in [1.165, 1.54) is 17.1 Å². The third-order valence-electron chi connectivity index (χ3n) is 3.91. The minimum atomic E-state index is 0.0814. The molecule has 3 rings (SSSR count). The zero-order valence-electron chi connectivity index (χ0n) is 12.5. The first-order chi connectivity index (χ1) is 10.6. The summed E-state index contributed by atoms with van der Waals surface area (Å²) < 4.78 is 0. The van der Waals surface area contributed by atoms with Crippen molar-refractivity contribution in [2.45, 2.75) is 25.0 Å². The zero-order valence-corrected chi connectivity index (χ0v) is 13.3. The van der Waals surface area contributed by atoms with Crippen LogP contribution in [0.5, 0.6) is 0 Å². The highest BCUT2D eigenvalue weighted by Gasteiger charge is 2.30. The highest BCUT2D eigenvalue weighted by atomic mass is 32.2. The summed E-state index contributed by atoms with van der Waals surface area (Å²) >= 11 is 1.28. The number of hydrogen-bond donors (Lipinski definition) is 0. The van der Waals surface area contributed by atoms with Crippen LogP contribution in [0.1, 0.15) is 18.9 Å². The Labute approximate surface area is 133 Å². The average molecular weight is 314 g/mol. The Bertz CT molecular complexity index is 711. The van der Waals surface area contributed by atoms with Crippen LogP contribution in [-0.2, 0) is 16.0 Å². The van der Waals surface area contributed by atoms with Gasteiger partial charge in [0.2, 0.25) is 5.91 Å². The second-order valence-electron chi connectivity index (χ2n) is 5.55. The number of nitrogens with zero attached hydrogens (tertiary/aromatic N) is 2. The van der Waals surface area contributed by atoms with E-state index in [0.717, 1.165) is 17.4 Å². The second kappa shape index (κ2) is 6.48. The van der Waals surface area contributed by atoms with Crippen molar-refractivity contribution in [1.82, 2.24) is 9.88 Å². The van der Waals surface area contributed by atoms with Crippen molar-refractivity contribution in [3.8, 4) is 0 Å². The molecule has 1 fully saturated rings. The monoisotopic (exact) mass is 314 g/mol. The quantitative estimate of drug-likeness (QED) is 0.870. The van der Waals surface area contributed by atoms with E-state index in [1.54, 1.807) is 6.92 Å². The molecule has 114 valence electrons. The Hall–Kier alpha value is -1.88. The van der Waals surface area contributed by atoms with E-state index in [-0.39, 0.29) is 16.3 Å². The molecular weight excluding hydrogens is 296 g/mol. The minimum absolute atomic E-state index is 0.0814. The molecule has 5 heteroatoms. The van der Waals surface area contributed by atoms with Gasteiger partial charge in [0.25, 0.3) is 0 Å². The fraction of sp³-hybridized carbons (Fsp3) is 0.353. The van der Waals surface area contributed by atoms with E-state index in [4.69, 9.17) is 0 Å². The molecule has 4 nitrogen and oxygen atoms in total. The number of rotatable bonds is 4. The lowest BCUT2D eigenvalue weighted by Crippen LogP contribution is -2.28. The first-order valence-corrected chi connectivity index (χ1v) is 8.28. The van der Waals surface area contributed by atoms with Crippen LogP contribution in [0.25, 0.3) is 10.8 Å². The molecule has 0 radical (unpaired) electrons. The van der Waals surface area contributed by atoms with E-state index in [9.17, 15) is 9.59 Å². The topological polar surface area (TPSA) is 50.3 Å². The largest absolute Gasteiger partial charge is 0.341 e. The van der Waals surface area contributed by atoms with Gasteiger partial charge in [-0.1, -0.05) is 36.0 Å². The molecule has 1 aliphatic rings. The maximum atomic E-state index is 12.0. The van der Waals surface area contributed by atoms with Crippen molar-refractivity contribution in [3.05, 3.63) is 42.2 Å². The van der Waals surface area contributed by atoms with Crippen LogP contribution >= 0.6 is 11.8 Å². The molecule has 0 N–H and O–H groups in total. The van der Waals surface area contributed by atoms with Gasteiger partial charge in [-0.25, -0.2) is 0 Å². The molecule has 0 aliphatic carbocycles. The van der Waals surface area contributed by atoms with Crippen molar-refractivity contribution in [2.24, 2.45) is 0 Å². The van der Waals surface area contributed by atoms with Gasteiger partial charge >= 0.3 is 0 Å². The lowest BCUT2D eigenvalue weighted by atomic mass is 10.1. The molecule has 1 amide bonds. The van der Waals surface area contributed by atoms with Gasteiger partial charge in [0.1, 0.15) is 0 Å². The summed E-state index contributed by atoms with van der Waals surface area (Å²) in [4.78, 5) is 29.3. The van der Waals surface area contributed by atoms with Crippen molar-refractivity contribution < 1.29 is 9.59 Å². The van der Waals surface area contributed by atoms with Crippen molar-refractivity contribution in [2.75, 3.05) is 13.1 Å². The fourth-order valence-electron chi connectivity index (χ4n) is 2.90. The van der Waals surface area contributed by atoms with Crippen molar-refractivity contribution >= 4 is 33.6 Å². The lowest BCUT2D eigenvalue weighted by Gasteiger charge is -2.16. The van der Waals surface area contributed by atoms with Crippen LogP contribution in [0, 0.1) is 0 Å². The number of carbonyl (C=O) groups excluding carboxylic acids is 2. The Morgan fingerprint density at radius 3 is 3.00 bits per heavy atom. The normalized spacial score (nSPS) is 18.1. The van der Waals surface area contributed by atoms with E-state index < -0.39 is 0 Å². The van der Waals surface area contributed by atoms with Gasteiger partial charge in [-0.15, -0.1) is 0 Å². The number of hydrogen-bond acceptors (Lipinski definition) is 4. The zero-order chi connectivity index (χ0) is 15.5. The summed E-state index contributed by atoms with van der Waals surface area (Å²) in [6.07, 6.45) is 5.00. The molecule has 0 saturated carbocycles. The SMILES string of the molecule is CC(=O)SC1CC(=O)N(CCc2cncc3ccccc23)C1. The molecule has 2 heterocycles. The molecule has 1 saturated heterocycles. The number of pyridine rings is 1. The number of aromatic nitrogens is 1. The highest BCUT2D eigenvalue weighted by molar-refractivity contribution is 8.14. The molecular formula is C17H18N2O2S. The van der Waals surface area contributed by atoms with Gasteiger partial charge in [0.05, 0.1) is 0 Å². The molecule has 1 unspecified atom stereocenters. The third-order valence-corrected chi connectivity index (χ3v) is 4.89. The van der Waals surface area contributed by atoms with E-state index in [1.807, 2.05) is 35.5 Å². The third kappa shape index (κ3) is 3.30. The van der Waals surface area contributed by atoms with Gasteiger partial charge in [-0.05, 0) is 17.4 Å². The Morgan fingerprint density at radius 2 is 2.18 bits per heavy atom. The average Bonchev–Trinajstić information content (AvgIpc) is 2.84. The van der Waals surface area contributed by atoms with Crippen LogP contribution in [0.3, 0.4) is 0 Å². The Balaban J connectivity index is 1.67. The molecule has 1 aliphatic heterocycles. The van der Waals surface area contributed by atoms with E-state index in [0.29, 0.717) is 19.5 Å². The molecule has 2 aromatic rings. The molecule has 1 aromatic carbocycles. The first kappa shape index (κ1) is 15.0. The summed E-state index contributed by atoms with van der Waals surface area (Å²) in [6.45, 7) is 2.91. The molecule has 0 spiro atoms. The number of likely N-dealkylation sites (tertiary alicyclic amines) is 1. The summed E-state index contributed by atoms with van der Waals surface area (Å²) in [7, 11) is 0. The van der Waals surface area contributed by atoms with Gasteiger partial charge in [0.15, 0.2) is 5.12 Å². The number of thioether (sulfide) groups is 1. The standard InChI is InChI=1S/C17H18N2O2S/c1-12(20)22-15-8-17(21)19(11-15)7-6-14-10-18-9-13-4-2-3-5-16(13)14/h2-5,9-10,15H,6-8,11H2,1H3. The predicted octanol–water partition coefficient (Wildman–Crippen LogP) is 2.66.